The highest BCUT2D eigenvalue weighted by molar-refractivity contribution is 7.89. The van der Waals surface area contributed by atoms with Crippen LogP contribution in [0.5, 0.6) is 0 Å². The van der Waals surface area contributed by atoms with E-state index in [2.05, 4.69) is 10.6 Å². The minimum absolute atomic E-state index is 0.141. The van der Waals surface area contributed by atoms with Gasteiger partial charge in [-0.1, -0.05) is 0 Å². The largest absolute Gasteiger partial charge is 0.480 e. The van der Waals surface area contributed by atoms with Crippen molar-refractivity contribution in [1.82, 2.24) is 10.6 Å². The number of carbonyl (C=O) groups excluding carboxylic acids is 1. The van der Waals surface area contributed by atoms with E-state index in [-0.39, 0.29) is 13.0 Å². The van der Waals surface area contributed by atoms with Gasteiger partial charge >= 0.3 is 12.0 Å². The fourth-order valence-corrected chi connectivity index (χ4v) is 1.29. The first kappa shape index (κ1) is 15.6. The molecular formula is C7H15N3O6S. The van der Waals surface area contributed by atoms with Gasteiger partial charge in [-0.05, 0) is 0 Å². The summed E-state index contributed by atoms with van der Waals surface area (Å²) >= 11 is 0. The Hall–Kier alpha value is -1.39. The van der Waals surface area contributed by atoms with Crippen LogP contribution in [0.1, 0.15) is 6.42 Å². The number of carboxylic acid groups (broad SMARTS) is 1. The molecule has 0 saturated heterocycles. The summed E-state index contributed by atoms with van der Waals surface area (Å²) in [7, 11) is -3.67. The number of aliphatic hydroxyl groups excluding tert-OH is 1. The van der Waals surface area contributed by atoms with E-state index >= 15 is 0 Å². The maximum absolute atomic E-state index is 11.1. The van der Waals surface area contributed by atoms with Crippen LogP contribution in [0.25, 0.3) is 0 Å². The topological polar surface area (TPSA) is 159 Å². The fraction of sp³-hybridized carbons (Fsp3) is 0.714. The lowest BCUT2D eigenvalue weighted by Gasteiger charge is -2.13. The molecule has 6 N–H and O–H groups in total. The van der Waals surface area contributed by atoms with Crippen molar-refractivity contribution in [3.8, 4) is 0 Å². The molecule has 17 heavy (non-hydrogen) atoms. The van der Waals surface area contributed by atoms with Gasteiger partial charge in [-0.15, -0.1) is 0 Å². The third kappa shape index (κ3) is 8.42. The van der Waals surface area contributed by atoms with Crippen LogP contribution in [0.2, 0.25) is 0 Å². The Morgan fingerprint density at radius 1 is 1.35 bits per heavy atom. The number of rotatable bonds is 7. The summed E-state index contributed by atoms with van der Waals surface area (Å²) in [4.78, 5) is 21.7. The SMILES string of the molecule is NS(=O)(=O)CCNC(=O)N[C@H](CCO)C(=O)O. The molecule has 0 fully saturated rings. The number of sulfonamides is 1. The molecule has 0 aromatic heterocycles. The van der Waals surface area contributed by atoms with Gasteiger partial charge in [0.1, 0.15) is 6.04 Å². The lowest BCUT2D eigenvalue weighted by Crippen LogP contribution is -2.47. The Morgan fingerprint density at radius 2 is 1.94 bits per heavy atom. The van der Waals surface area contributed by atoms with Crippen LogP contribution < -0.4 is 15.8 Å². The van der Waals surface area contributed by atoms with E-state index in [1.807, 2.05) is 0 Å². The molecule has 2 amide bonds. The van der Waals surface area contributed by atoms with E-state index in [1.165, 1.54) is 0 Å². The Balaban J connectivity index is 4.03. The summed E-state index contributed by atoms with van der Waals surface area (Å²) in [6.45, 7) is -0.620. The molecule has 100 valence electrons. The molecule has 0 radical (unpaired) electrons. The molecular weight excluding hydrogens is 254 g/mol. The number of amides is 2. The van der Waals surface area contributed by atoms with Gasteiger partial charge in [0.15, 0.2) is 0 Å². The molecule has 0 spiro atoms. The first-order valence-electron chi connectivity index (χ1n) is 4.64. The summed E-state index contributed by atoms with van der Waals surface area (Å²) < 4.78 is 21.0. The van der Waals surface area contributed by atoms with Crippen molar-refractivity contribution in [2.75, 3.05) is 18.9 Å². The predicted octanol–water partition coefficient (Wildman–Crippen LogP) is -2.59. The van der Waals surface area contributed by atoms with E-state index < -0.39 is 40.4 Å². The van der Waals surface area contributed by atoms with Crippen LogP contribution in [0.3, 0.4) is 0 Å². The van der Waals surface area contributed by atoms with Gasteiger partial charge < -0.3 is 20.8 Å². The Bertz CT molecular complexity index is 368. The van der Waals surface area contributed by atoms with E-state index in [9.17, 15) is 18.0 Å². The minimum Gasteiger partial charge on any atom is -0.480 e. The highest BCUT2D eigenvalue weighted by atomic mass is 32.2. The fourth-order valence-electron chi connectivity index (χ4n) is 0.903. The summed E-state index contributed by atoms with van der Waals surface area (Å²) in [5.74, 6) is -1.74. The molecule has 0 saturated carbocycles. The average Bonchev–Trinajstić information content (AvgIpc) is 2.14. The third-order valence-corrected chi connectivity index (χ3v) is 2.47. The zero-order valence-electron chi connectivity index (χ0n) is 8.92. The molecule has 0 aliphatic heterocycles. The van der Waals surface area contributed by atoms with Crippen molar-refractivity contribution in [1.29, 1.82) is 0 Å². The monoisotopic (exact) mass is 269 g/mol. The summed E-state index contributed by atoms with van der Waals surface area (Å²) in [6.07, 6.45) is -0.141. The summed E-state index contributed by atoms with van der Waals surface area (Å²) in [5.41, 5.74) is 0. The van der Waals surface area contributed by atoms with Gasteiger partial charge in [-0.2, -0.15) is 0 Å². The lowest BCUT2D eigenvalue weighted by atomic mass is 10.2. The number of nitrogens with one attached hydrogen (secondary N) is 2. The molecule has 0 aliphatic rings. The first-order chi connectivity index (χ1) is 7.76. The van der Waals surface area contributed by atoms with Crippen molar-refractivity contribution in [3.05, 3.63) is 0 Å². The van der Waals surface area contributed by atoms with E-state index in [0.29, 0.717) is 0 Å². The number of primary sulfonamides is 1. The van der Waals surface area contributed by atoms with E-state index in [1.54, 1.807) is 0 Å². The maximum atomic E-state index is 11.1. The number of carbonyl (C=O) groups is 2. The number of aliphatic hydroxyl groups is 1. The second kappa shape index (κ2) is 7.04. The molecule has 0 heterocycles. The van der Waals surface area contributed by atoms with Crippen LogP contribution in [-0.2, 0) is 14.8 Å². The van der Waals surface area contributed by atoms with Gasteiger partial charge in [0.05, 0.1) is 5.75 Å². The minimum atomic E-state index is -3.67. The van der Waals surface area contributed by atoms with Gasteiger partial charge in [0.25, 0.3) is 0 Å². The molecule has 0 unspecified atom stereocenters. The molecule has 0 aliphatic carbocycles. The van der Waals surface area contributed by atoms with Gasteiger partial charge in [-0.25, -0.2) is 23.1 Å². The number of hydrogen-bond acceptors (Lipinski definition) is 5. The summed E-state index contributed by atoms with van der Waals surface area (Å²) in [6, 6.07) is -2.07. The van der Waals surface area contributed by atoms with Crippen molar-refractivity contribution in [3.63, 3.8) is 0 Å². The highest BCUT2D eigenvalue weighted by Crippen LogP contribution is 1.90. The van der Waals surface area contributed by atoms with Crippen molar-refractivity contribution in [2.24, 2.45) is 5.14 Å². The van der Waals surface area contributed by atoms with E-state index in [0.717, 1.165) is 0 Å². The predicted molar refractivity (Wildman–Crippen MR) is 57.6 cm³/mol. The third-order valence-electron chi connectivity index (χ3n) is 1.69. The standard InChI is InChI=1S/C7H15N3O6S/c8-17(15,16)4-2-9-7(14)10-5(1-3-11)6(12)13/h5,11H,1-4H2,(H,12,13)(H2,8,15,16)(H2,9,10,14)/t5-/m1/s1. The lowest BCUT2D eigenvalue weighted by molar-refractivity contribution is -0.139. The van der Waals surface area contributed by atoms with Crippen LogP contribution in [0.15, 0.2) is 0 Å². The Kier molecular flexibility index (Phi) is 6.46. The Labute approximate surface area is 98.0 Å². The van der Waals surface area contributed by atoms with Crippen LogP contribution in [0, 0.1) is 0 Å². The van der Waals surface area contributed by atoms with Crippen molar-refractivity contribution >= 4 is 22.0 Å². The molecule has 0 bridgehead atoms. The zero-order chi connectivity index (χ0) is 13.5. The van der Waals surface area contributed by atoms with E-state index in [4.69, 9.17) is 15.4 Å². The number of urea groups is 1. The van der Waals surface area contributed by atoms with Gasteiger partial charge in [0.2, 0.25) is 10.0 Å². The smallest absolute Gasteiger partial charge is 0.326 e. The molecule has 0 rings (SSSR count). The number of aliphatic carboxylic acids is 1. The second-order valence-electron chi connectivity index (χ2n) is 3.17. The van der Waals surface area contributed by atoms with Crippen molar-refractivity contribution < 1.29 is 28.2 Å². The molecule has 9 nitrogen and oxygen atoms in total. The first-order valence-corrected chi connectivity index (χ1v) is 6.36. The normalized spacial score (nSPS) is 12.8. The quantitative estimate of drug-likeness (QED) is 0.341. The second-order valence-corrected chi connectivity index (χ2v) is 4.90. The molecule has 10 heteroatoms. The Morgan fingerprint density at radius 3 is 2.35 bits per heavy atom. The highest BCUT2D eigenvalue weighted by Gasteiger charge is 2.18. The van der Waals surface area contributed by atoms with Crippen LogP contribution in [0.4, 0.5) is 4.79 Å². The maximum Gasteiger partial charge on any atom is 0.326 e. The number of carboxylic acids is 1. The summed E-state index contributed by atoms with van der Waals surface area (Å²) in [5, 5.41) is 26.1. The number of hydrogen-bond donors (Lipinski definition) is 5. The van der Waals surface area contributed by atoms with Gasteiger partial charge in [0, 0.05) is 19.6 Å². The van der Waals surface area contributed by atoms with Crippen LogP contribution >= 0.6 is 0 Å². The van der Waals surface area contributed by atoms with Gasteiger partial charge in [-0.3, -0.25) is 0 Å². The zero-order valence-corrected chi connectivity index (χ0v) is 9.74. The molecule has 0 aromatic rings. The van der Waals surface area contributed by atoms with Crippen LogP contribution in [-0.4, -0.2) is 55.6 Å². The molecule has 1 atom stereocenters. The average molecular weight is 269 g/mol. The number of nitrogens with two attached hydrogens (primary N) is 1. The van der Waals surface area contributed by atoms with Crippen molar-refractivity contribution in [2.45, 2.75) is 12.5 Å². The molecule has 0 aromatic carbocycles.